The van der Waals surface area contributed by atoms with Crippen molar-refractivity contribution >= 4 is 22.5 Å². The van der Waals surface area contributed by atoms with Crippen LogP contribution in [-0.4, -0.2) is 21.6 Å². The minimum absolute atomic E-state index is 0.185. The van der Waals surface area contributed by atoms with Crippen molar-refractivity contribution in [3.63, 3.8) is 0 Å². The molecule has 2 heterocycles. The molecule has 8 heteroatoms. The summed E-state index contributed by atoms with van der Waals surface area (Å²) in [6.07, 6.45) is -0.899. The van der Waals surface area contributed by atoms with Crippen molar-refractivity contribution in [3.8, 4) is 11.8 Å². The molecule has 1 aliphatic rings. The van der Waals surface area contributed by atoms with Crippen LogP contribution < -0.4 is 11.1 Å². The average Bonchev–Trinajstić information content (AvgIpc) is 3.11. The standard InChI is InChI=1S/C24H19F3N4O/c1-23(24(25,26)27)11-12-29-21(22(28)32)20(23)17-6-4-3-5-16(17)9-7-15-8-10-19-18(13-15)30-14-31(19)2/h3-6,8,10-14,29H,1-2H3,(H2,28,32). The molecule has 0 fully saturated rings. The number of nitrogens with zero attached hydrogens (tertiary/aromatic N) is 2. The highest BCUT2D eigenvalue weighted by Crippen LogP contribution is 2.51. The minimum Gasteiger partial charge on any atom is -0.364 e. The lowest BCUT2D eigenvalue weighted by Gasteiger charge is -2.36. The molecule has 4 rings (SSSR count). The molecular formula is C24H19F3N4O. The van der Waals surface area contributed by atoms with Gasteiger partial charge in [0.2, 0.25) is 0 Å². The number of carbonyl (C=O) groups is 1. The molecule has 2 aromatic carbocycles. The Bertz CT molecular complexity index is 1350. The van der Waals surface area contributed by atoms with Crippen molar-refractivity contribution in [1.29, 1.82) is 0 Å². The van der Waals surface area contributed by atoms with Crippen LogP contribution in [0.5, 0.6) is 0 Å². The number of hydrogen-bond acceptors (Lipinski definition) is 3. The maximum Gasteiger partial charge on any atom is 0.401 e. The minimum atomic E-state index is -4.66. The highest BCUT2D eigenvalue weighted by atomic mass is 19.4. The molecule has 1 aromatic heterocycles. The van der Waals surface area contributed by atoms with E-state index < -0.39 is 17.5 Å². The van der Waals surface area contributed by atoms with Gasteiger partial charge in [-0.2, -0.15) is 13.2 Å². The predicted octanol–water partition coefficient (Wildman–Crippen LogP) is 3.86. The third-order valence-corrected chi connectivity index (χ3v) is 5.51. The molecule has 0 spiro atoms. The number of nitrogens with one attached hydrogen (secondary N) is 1. The number of fused-ring (bicyclic) bond motifs is 1. The van der Waals surface area contributed by atoms with Crippen molar-refractivity contribution in [2.75, 3.05) is 0 Å². The number of primary amides is 1. The van der Waals surface area contributed by atoms with Crippen LogP contribution >= 0.6 is 0 Å². The van der Waals surface area contributed by atoms with Crippen molar-refractivity contribution in [1.82, 2.24) is 14.9 Å². The Morgan fingerprint density at radius 2 is 1.94 bits per heavy atom. The summed E-state index contributed by atoms with van der Waals surface area (Å²) in [4.78, 5) is 16.3. The molecule has 1 unspecified atom stereocenters. The summed E-state index contributed by atoms with van der Waals surface area (Å²) in [6, 6.07) is 11.9. The summed E-state index contributed by atoms with van der Waals surface area (Å²) in [5, 5.41) is 2.58. The van der Waals surface area contributed by atoms with Gasteiger partial charge < -0.3 is 15.6 Å². The van der Waals surface area contributed by atoms with Gasteiger partial charge in [-0.15, -0.1) is 0 Å². The maximum absolute atomic E-state index is 14.1. The van der Waals surface area contributed by atoms with Crippen molar-refractivity contribution in [3.05, 3.63) is 83.5 Å². The lowest BCUT2D eigenvalue weighted by atomic mass is 9.74. The van der Waals surface area contributed by atoms with E-state index in [2.05, 4.69) is 22.1 Å². The lowest BCUT2D eigenvalue weighted by molar-refractivity contribution is -0.180. The van der Waals surface area contributed by atoms with Crippen LogP contribution in [0.4, 0.5) is 13.2 Å². The molecule has 32 heavy (non-hydrogen) atoms. The monoisotopic (exact) mass is 436 g/mol. The molecule has 1 aliphatic heterocycles. The zero-order chi connectivity index (χ0) is 23.1. The zero-order valence-corrected chi connectivity index (χ0v) is 17.3. The first-order valence-electron chi connectivity index (χ1n) is 9.70. The molecular weight excluding hydrogens is 417 g/mol. The van der Waals surface area contributed by atoms with Gasteiger partial charge in [0.15, 0.2) is 0 Å². The van der Waals surface area contributed by atoms with Gasteiger partial charge in [-0.1, -0.05) is 30.0 Å². The van der Waals surface area contributed by atoms with Crippen molar-refractivity contribution in [2.45, 2.75) is 13.1 Å². The van der Waals surface area contributed by atoms with Crippen LogP contribution in [0.15, 0.2) is 66.8 Å². The second-order valence-corrected chi connectivity index (χ2v) is 7.65. The van der Waals surface area contributed by atoms with Gasteiger partial charge in [0.1, 0.15) is 11.1 Å². The van der Waals surface area contributed by atoms with Crippen LogP contribution in [0, 0.1) is 17.3 Å². The number of nitrogens with two attached hydrogens (primary N) is 1. The molecule has 162 valence electrons. The number of aryl methyl sites for hydroxylation is 1. The summed E-state index contributed by atoms with van der Waals surface area (Å²) < 4.78 is 44.2. The van der Waals surface area contributed by atoms with Crippen LogP contribution in [0.2, 0.25) is 0 Å². The quantitative estimate of drug-likeness (QED) is 0.600. The maximum atomic E-state index is 14.1. The van der Waals surface area contributed by atoms with E-state index in [1.807, 2.05) is 29.8 Å². The lowest BCUT2D eigenvalue weighted by Crippen LogP contribution is -2.41. The Balaban J connectivity index is 1.87. The molecule has 3 aromatic rings. The highest BCUT2D eigenvalue weighted by molar-refractivity contribution is 6.02. The van der Waals surface area contributed by atoms with Crippen LogP contribution in [-0.2, 0) is 11.8 Å². The normalized spacial score (nSPS) is 18.3. The molecule has 0 radical (unpaired) electrons. The van der Waals surface area contributed by atoms with Crippen LogP contribution in [0.3, 0.4) is 0 Å². The summed E-state index contributed by atoms with van der Waals surface area (Å²) >= 11 is 0. The second kappa shape index (κ2) is 7.61. The number of rotatable bonds is 2. The SMILES string of the molecule is Cn1cnc2cc(C#Cc3ccccc3C3=C(C(N)=O)NC=CC3(C)C(F)(F)F)ccc21. The Kier molecular flexibility index (Phi) is 5.05. The van der Waals surface area contributed by atoms with E-state index in [4.69, 9.17) is 5.73 Å². The van der Waals surface area contributed by atoms with E-state index in [0.717, 1.165) is 30.2 Å². The first kappa shape index (κ1) is 21.2. The Labute approximate surface area is 182 Å². The molecule has 0 aliphatic carbocycles. The third kappa shape index (κ3) is 3.52. The predicted molar refractivity (Wildman–Crippen MR) is 116 cm³/mol. The zero-order valence-electron chi connectivity index (χ0n) is 17.3. The number of imidazole rings is 1. The van der Waals surface area contributed by atoms with Crippen LogP contribution in [0.1, 0.15) is 23.6 Å². The number of halogens is 3. The topological polar surface area (TPSA) is 72.9 Å². The first-order chi connectivity index (χ1) is 15.1. The number of allylic oxidation sites excluding steroid dienone is 2. The average molecular weight is 436 g/mol. The van der Waals surface area contributed by atoms with E-state index in [1.165, 1.54) is 6.07 Å². The fourth-order valence-corrected chi connectivity index (χ4v) is 3.72. The number of carbonyl (C=O) groups excluding carboxylic acids is 1. The Hall–Kier alpha value is -3.99. The molecule has 1 atom stereocenters. The summed E-state index contributed by atoms with van der Waals surface area (Å²) in [5.41, 5.74) is 5.32. The van der Waals surface area contributed by atoms with Gasteiger partial charge >= 0.3 is 6.18 Å². The molecule has 0 saturated heterocycles. The van der Waals surface area contributed by atoms with E-state index >= 15 is 0 Å². The van der Waals surface area contributed by atoms with Crippen molar-refractivity contribution in [2.24, 2.45) is 18.2 Å². The highest BCUT2D eigenvalue weighted by Gasteiger charge is 2.54. The van der Waals surface area contributed by atoms with Gasteiger partial charge in [-0.3, -0.25) is 4.79 Å². The molecule has 1 amide bonds. The Morgan fingerprint density at radius 3 is 2.66 bits per heavy atom. The van der Waals surface area contributed by atoms with Gasteiger partial charge in [0, 0.05) is 23.7 Å². The summed E-state index contributed by atoms with van der Waals surface area (Å²) in [5.74, 6) is 4.97. The fourth-order valence-electron chi connectivity index (χ4n) is 3.72. The smallest absolute Gasteiger partial charge is 0.364 e. The number of alkyl halides is 3. The van der Waals surface area contributed by atoms with Gasteiger partial charge in [-0.25, -0.2) is 4.98 Å². The Morgan fingerprint density at radius 1 is 1.19 bits per heavy atom. The van der Waals surface area contributed by atoms with Crippen molar-refractivity contribution < 1.29 is 18.0 Å². The van der Waals surface area contributed by atoms with E-state index in [1.54, 1.807) is 24.5 Å². The molecule has 0 saturated carbocycles. The number of aromatic nitrogens is 2. The van der Waals surface area contributed by atoms with E-state index in [9.17, 15) is 18.0 Å². The van der Waals surface area contributed by atoms with Gasteiger partial charge in [0.05, 0.1) is 17.4 Å². The molecule has 5 nitrogen and oxygen atoms in total. The van der Waals surface area contributed by atoms with Gasteiger partial charge in [-0.05, 0) is 49.0 Å². The van der Waals surface area contributed by atoms with Gasteiger partial charge in [0.25, 0.3) is 5.91 Å². The van der Waals surface area contributed by atoms with Crippen LogP contribution in [0.25, 0.3) is 16.6 Å². The third-order valence-electron chi connectivity index (χ3n) is 5.51. The largest absolute Gasteiger partial charge is 0.401 e. The number of benzene rings is 2. The summed E-state index contributed by atoms with van der Waals surface area (Å²) in [7, 11) is 1.88. The number of hydrogen-bond donors (Lipinski definition) is 2. The van der Waals surface area contributed by atoms with E-state index in [0.29, 0.717) is 11.1 Å². The second-order valence-electron chi connectivity index (χ2n) is 7.65. The number of dihydropyridines is 1. The summed E-state index contributed by atoms with van der Waals surface area (Å²) in [6.45, 7) is 1.02. The first-order valence-corrected chi connectivity index (χ1v) is 9.70. The molecule has 0 bridgehead atoms. The number of amides is 1. The molecule has 3 N–H and O–H groups in total. The fraction of sp³-hybridized carbons (Fsp3) is 0.167. The van der Waals surface area contributed by atoms with E-state index in [-0.39, 0.29) is 16.8 Å².